The van der Waals surface area contributed by atoms with Gasteiger partial charge in [-0.2, -0.15) is 0 Å². The van der Waals surface area contributed by atoms with Crippen molar-refractivity contribution in [3.05, 3.63) is 30.5 Å². The van der Waals surface area contributed by atoms with Gasteiger partial charge in [0.25, 0.3) is 0 Å². The summed E-state index contributed by atoms with van der Waals surface area (Å²) in [5.41, 5.74) is 3.50. The fourth-order valence-corrected chi connectivity index (χ4v) is 2.00. The van der Waals surface area contributed by atoms with E-state index in [2.05, 4.69) is 18.9 Å². The van der Waals surface area contributed by atoms with E-state index in [-0.39, 0.29) is 0 Å². The Bertz CT molecular complexity index is 217. The van der Waals surface area contributed by atoms with E-state index < -0.39 is 6.10 Å². The Morgan fingerprint density at radius 1 is 1.38 bits per heavy atom. The SMILES string of the molecule is C=C=C(C=C)C(O)C1CCCCC1. The number of hydrogen-bond donors (Lipinski definition) is 1. The van der Waals surface area contributed by atoms with E-state index in [1.165, 1.54) is 19.3 Å². The van der Waals surface area contributed by atoms with Crippen LogP contribution in [0.25, 0.3) is 0 Å². The number of rotatable bonds is 3. The fraction of sp³-hybridized carbons (Fsp3) is 0.583. The second kappa shape index (κ2) is 5.06. The van der Waals surface area contributed by atoms with Gasteiger partial charge < -0.3 is 5.11 Å². The maximum absolute atomic E-state index is 9.92. The molecule has 0 bridgehead atoms. The van der Waals surface area contributed by atoms with Crippen molar-refractivity contribution in [1.29, 1.82) is 0 Å². The molecular formula is C12H18O. The molecule has 1 rings (SSSR count). The lowest BCUT2D eigenvalue weighted by Crippen LogP contribution is -2.23. The first-order chi connectivity index (χ1) is 6.29. The van der Waals surface area contributed by atoms with Gasteiger partial charge in [0.2, 0.25) is 0 Å². The predicted molar refractivity (Wildman–Crippen MR) is 55.4 cm³/mol. The third-order valence-electron chi connectivity index (χ3n) is 2.84. The van der Waals surface area contributed by atoms with Crippen LogP contribution in [0.2, 0.25) is 0 Å². The summed E-state index contributed by atoms with van der Waals surface area (Å²) in [4.78, 5) is 0. The number of aliphatic hydroxyl groups is 1. The van der Waals surface area contributed by atoms with Crippen molar-refractivity contribution in [2.75, 3.05) is 0 Å². The summed E-state index contributed by atoms with van der Waals surface area (Å²) in [7, 11) is 0. The van der Waals surface area contributed by atoms with Crippen LogP contribution in [-0.4, -0.2) is 11.2 Å². The van der Waals surface area contributed by atoms with Crippen LogP contribution in [-0.2, 0) is 0 Å². The van der Waals surface area contributed by atoms with Crippen LogP contribution in [0.3, 0.4) is 0 Å². The van der Waals surface area contributed by atoms with Gasteiger partial charge in [-0.25, -0.2) is 0 Å². The molecule has 13 heavy (non-hydrogen) atoms. The standard InChI is InChI=1S/C12H18O/c1-3-10(4-2)12(13)11-8-6-5-7-9-11/h3,11-13H,1-2,5-9H2. The first-order valence-corrected chi connectivity index (χ1v) is 5.00. The predicted octanol–water partition coefficient (Wildman–Crippen LogP) is 2.82. The van der Waals surface area contributed by atoms with Crippen LogP contribution >= 0.6 is 0 Å². The molecule has 1 fully saturated rings. The largest absolute Gasteiger partial charge is 0.387 e. The van der Waals surface area contributed by atoms with Gasteiger partial charge >= 0.3 is 0 Å². The summed E-state index contributed by atoms with van der Waals surface area (Å²) in [5.74, 6) is 0.399. The molecule has 1 unspecified atom stereocenters. The molecule has 0 aromatic carbocycles. The van der Waals surface area contributed by atoms with Crippen LogP contribution in [0.1, 0.15) is 32.1 Å². The van der Waals surface area contributed by atoms with Gasteiger partial charge in [0, 0.05) is 5.57 Å². The highest BCUT2D eigenvalue weighted by molar-refractivity contribution is 5.20. The van der Waals surface area contributed by atoms with Crippen molar-refractivity contribution in [3.8, 4) is 0 Å². The van der Waals surface area contributed by atoms with E-state index in [0.29, 0.717) is 5.92 Å². The molecule has 72 valence electrons. The Labute approximate surface area is 80.5 Å². The maximum Gasteiger partial charge on any atom is 0.0889 e. The highest BCUT2D eigenvalue weighted by atomic mass is 16.3. The minimum absolute atomic E-state index is 0.393. The smallest absolute Gasteiger partial charge is 0.0889 e. The summed E-state index contributed by atoms with van der Waals surface area (Å²) >= 11 is 0. The summed E-state index contributed by atoms with van der Waals surface area (Å²) in [5, 5.41) is 9.92. The molecular weight excluding hydrogens is 160 g/mol. The highest BCUT2D eigenvalue weighted by Gasteiger charge is 2.22. The van der Waals surface area contributed by atoms with Gasteiger partial charge in [-0.15, -0.1) is 5.73 Å². The number of hydrogen-bond acceptors (Lipinski definition) is 1. The molecule has 0 aromatic rings. The molecule has 1 heteroatoms. The number of aliphatic hydroxyl groups excluding tert-OH is 1. The molecule has 1 saturated carbocycles. The molecule has 0 saturated heterocycles. The zero-order valence-corrected chi connectivity index (χ0v) is 8.13. The van der Waals surface area contributed by atoms with Gasteiger partial charge in [-0.05, 0) is 18.8 Å². The van der Waals surface area contributed by atoms with Crippen LogP contribution in [0.5, 0.6) is 0 Å². The molecule has 1 nitrogen and oxygen atoms in total. The minimum atomic E-state index is -0.393. The van der Waals surface area contributed by atoms with Gasteiger partial charge in [0.05, 0.1) is 6.10 Å². The van der Waals surface area contributed by atoms with Crippen LogP contribution in [0.15, 0.2) is 30.5 Å². The van der Waals surface area contributed by atoms with E-state index in [0.717, 1.165) is 18.4 Å². The van der Waals surface area contributed by atoms with E-state index >= 15 is 0 Å². The molecule has 0 aliphatic heterocycles. The zero-order valence-electron chi connectivity index (χ0n) is 8.13. The molecule has 1 N–H and O–H groups in total. The lowest BCUT2D eigenvalue weighted by atomic mass is 9.83. The van der Waals surface area contributed by atoms with Crippen molar-refractivity contribution in [2.45, 2.75) is 38.2 Å². The van der Waals surface area contributed by atoms with Gasteiger partial charge in [-0.3, -0.25) is 0 Å². The van der Waals surface area contributed by atoms with Gasteiger partial charge in [-0.1, -0.05) is 38.5 Å². The Balaban J connectivity index is 2.59. The normalized spacial score (nSPS) is 20.4. The Kier molecular flexibility index (Phi) is 4.01. The quantitative estimate of drug-likeness (QED) is 0.520. The van der Waals surface area contributed by atoms with Crippen molar-refractivity contribution < 1.29 is 5.11 Å². The van der Waals surface area contributed by atoms with E-state index in [4.69, 9.17) is 0 Å². The van der Waals surface area contributed by atoms with E-state index in [1.807, 2.05) is 0 Å². The average molecular weight is 178 g/mol. The van der Waals surface area contributed by atoms with Crippen LogP contribution < -0.4 is 0 Å². The summed E-state index contributed by atoms with van der Waals surface area (Å²) in [6.45, 7) is 7.20. The Morgan fingerprint density at radius 2 is 2.00 bits per heavy atom. The fourth-order valence-electron chi connectivity index (χ4n) is 2.00. The Hall–Kier alpha value is -0.780. The minimum Gasteiger partial charge on any atom is -0.387 e. The molecule has 0 spiro atoms. The lowest BCUT2D eigenvalue weighted by molar-refractivity contribution is 0.118. The second-order valence-corrected chi connectivity index (χ2v) is 3.68. The molecule has 1 aliphatic carbocycles. The first kappa shape index (κ1) is 10.3. The molecule has 0 amide bonds. The first-order valence-electron chi connectivity index (χ1n) is 5.00. The van der Waals surface area contributed by atoms with Gasteiger partial charge in [0.1, 0.15) is 0 Å². The highest BCUT2D eigenvalue weighted by Crippen LogP contribution is 2.29. The molecule has 0 heterocycles. The monoisotopic (exact) mass is 178 g/mol. The molecule has 1 atom stereocenters. The summed E-state index contributed by atoms with van der Waals surface area (Å²) in [6.07, 6.45) is 7.30. The average Bonchev–Trinajstić information content (AvgIpc) is 2.21. The second-order valence-electron chi connectivity index (χ2n) is 3.68. The third kappa shape index (κ3) is 2.58. The Morgan fingerprint density at radius 3 is 2.46 bits per heavy atom. The molecule has 0 aromatic heterocycles. The molecule has 1 aliphatic rings. The maximum atomic E-state index is 9.92. The third-order valence-corrected chi connectivity index (χ3v) is 2.84. The van der Waals surface area contributed by atoms with E-state index in [9.17, 15) is 5.11 Å². The van der Waals surface area contributed by atoms with E-state index in [1.54, 1.807) is 6.08 Å². The van der Waals surface area contributed by atoms with Crippen LogP contribution in [0.4, 0.5) is 0 Å². The van der Waals surface area contributed by atoms with Gasteiger partial charge in [0.15, 0.2) is 0 Å². The summed E-state index contributed by atoms with van der Waals surface area (Å²) in [6, 6.07) is 0. The zero-order chi connectivity index (χ0) is 9.68. The van der Waals surface area contributed by atoms with Crippen molar-refractivity contribution in [2.24, 2.45) is 5.92 Å². The summed E-state index contributed by atoms with van der Waals surface area (Å²) < 4.78 is 0. The molecule has 0 radical (unpaired) electrons. The van der Waals surface area contributed by atoms with Crippen molar-refractivity contribution in [1.82, 2.24) is 0 Å². The topological polar surface area (TPSA) is 20.2 Å². The van der Waals surface area contributed by atoms with Crippen LogP contribution in [0, 0.1) is 5.92 Å². The van der Waals surface area contributed by atoms with Crippen molar-refractivity contribution >= 4 is 0 Å². The lowest BCUT2D eigenvalue weighted by Gasteiger charge is -2.26. The van der Waals surface area contributed by atoms with Crippen molar-refractivity contribution in [3.63, 3.8) is 0 Å².